The van der Waals surface area contributed by atoms with E-state index in [9.17, 15) is 0 Å². The minimum absolute atomic E-state index is 0.319. The van der Waals surface area contributed by atoms with Crippen LogP contribution in [0.3, 0.4) is 0 Å². The van der Waals surface area contributed by atoms with E-state index in [0.29, 0.717) is 6.61 Å². The summed E-state index contributed by atoms with van der Waals surface area (Å²) in [4.78, 5) is 0. The molecule has 1 nitrogen and oxygen atoms in total. The summed E-state index contributed by atoms with van der Waals surface area (Å²) in [5, 5.41) is 8.60. The average molecular weight is 230 g/mol. The average Bonchev–Trinajstić information content (AvgIpc) is 2.35. The van der Waals surface area contributed by atoms with Gasteiger partial charge in [0.15, 0.2) is 0 Å². The summed E-state index contributed by atoms with van der Waals surface area (Å²) in [5.74, 6) is 11.3. The molecule has 0 aromatic carbocycles. The Morgan fingerprint density at radius 3 is 2.59 bits per heavy atom. The topological polar surface area (TPSA) is 20.2 Å². The van der Waals surface area contributed by atoms with Crippen molar-refractivity contribution in [2.24, 2.45) is 0 Å². The minimum Gasteiger partial charge on any atom is -0.396 e. The number of aliphatic hydroxyl groups is 1. The lowest BCUT2D eigenvalue weighted by molar-refractivity contribution is 0.282. The number of aliphatic hydroxyl groups excluding tert-OH is 1. The van der Waals surface area contributed by atoms with Crippen molar-refractivity contribution >= 4 is 0 Å². The SMILES string of the molecule is CC=CC#CC#CCC=CCCCCCCO. The molecular weight excluding hydrogens is 208 g/mol. The Hall–Kier alpha value is -1.44. The van der Waals surface area contributed by atoms with Crippen LogP contribution in [0.2, 0.25) is 0 Å². The van der Waals surface area contributed by atoms with Gasteiger partial charge in [0.1, 0.15) is 0 Å². The van der Waals surface area contributed by atoms with E-state index in [0.717, 1.165) is 25.7 Å². The first kappa shape index (κ1) is 15.6. The maximum Gasteiger partial charge on any atom is 0.0431 e. The molecule has 0 aliphatic carbocycles. The van der Waals surface area contributed by atoms with Crippen molar-refractivity contribution in [3.05, 3.63) is 24.3 Å². The Morgan fingerprint density at radius 2 is 1.82 bits per heavy atom. The molecule has 0 atom stereocenters. The van der Waals surface area contributed by atoms with Crippen LogP contribution >= 0.6 is 0 Å². The fourth-order valence-electron chi connectivity index (χ4n) is 1.24. The summed E-state index contributed by atoms with van der Waals surface area (Å²) in [6.45, 7) is 2.26. The zero-order valence-electron chi connectivity index (χ0n) is 10.7. The smallest absolute Gasteiger partial charge is 0.0431 e. The van der Waals surface area contributed by atoms with Crippen LogP contribution in [-0.4, -0.2) is 11.7 Å². The molecule has 0 aliphatic rings. The zero-order valence-corrected chi connectivity index (χ0v) is 10.7. The molecule has 0 radical (unpaired) electrons. The van der Waals surface area contributed by atoms with Gasteiger partial charge in [0.05, 0.1) is 0 Å². The van der Waals surface area contributed by atoms with Gasteiger partial charge in [-0.3, -0.25) is 0 Å². The number of allylic oxidation sites excluding steroid dienone is 4. The molecule has 0 rings (SSSR count). The van der Waals surface area contributed by atoms with Crippen molar-refractivity contribution in [1.29, 1.82) is 0 Å². The van der Waals surface area contributed by atoms with Crippen molar-refractivity contribution in [2.45, 2.75) is 45.4 Å². The van der Waals surface area contributed by atoms with Gasteiger partial charge in [0, 0.05) is 13.0 Å². The van der Waals surface area contributed by atoms with E-state index in [1.807, 2.05) is 13.0 Å². The van der Waals surface area contributed by atoms with E-state index in [2.05, 4.69) is 35.8 Å². The fourth-order valence-corrected chi connectivity index (χ4v) is 1.24. The molecule has 17 heavy (non-hydrogen) atoms. The van der Waals surface area contributed by atoms with Gasteiger partial charge in [-0.2, -0.15) is 0 Å². The molecule has 92 valence electrons. The summed E-state index contributed by atoms with van der Waals surface area (Å²) < 4.78 is 0. The van der Waals surface area contributed by atoms with E-state index in [-0.39, 0.29) is 0 Å². The second-order valence-electron chi connectivity index (χ2n) is 3.67. The van der Waals surface area contributed by atoms with Crippen molar-refractivity contribution in [1.82, 2.24) is 0 Å². The van der Waals surface area contributed by atoms with E-state index in [1.54, 1.807) is 6.08 Å². The summed E-state index contributed by atoms with van der Waals surface area (Å²) in [6, 6.07) is 0. The Kier molecular flexibility index (Phi) is 13.3. The maximum atomic E-state index is 8.60. The third-order valence-corrected chi connectivity index (χ3v) is 2.14. The lowest BCUT2D eigenvalue weighted by Gasteiger charge is -1.95. The van der Waals surface area contributed by atoms with Gasteiger partial charge in [0.25, 0.3) is 0 Å². The van der Waals surface area contributed by atoms with E-state index < -0.39 is 0 Å². The summed E-state index contributed by atoms with van der Waals surface area (Å²) in [6.07, 6.45) is 14.3. The summed E-state index contributed by atoms with van der Waals surface area (Å²) in [7, 11) is 0. The van der Waals surface area contributed by atoms with Crippen LogP contribution in [0.15, 0.2) is 24.3 Å². The van der Waals surface area contributed by atoms with Crippen LogP contribution in [0.1, 0.15) is 45.4 Å². The summed E-state index contributed by atoms with van der Waals surface area (Å²) in [5.41, 5.74) is 0. The summed E-state index contributed by atoms with van der Waals surface area (Å²) >= 11 is 0. The number of unbranched alkanes of at least 4 members (excludes halogenated alkanes) is 4. The first-order chi connectivity index (χ1) is 8.41. The molecule has 0 aliphatic heterocycles. The molecule has 0 aromatic heterocycles. The van der Waals surface area contributed by atoms with E-state index in [1.165, 1.54) is 12.8 Å². The molecule has 1 heteroatoms. The van der Waals surface area contributed by atoms with E-state index in [4.69, 9.17) is 5.11 Å². The van der Waals surface area contributed by atoms with Crippen molar-refractivity contribution in [2.75, 3.05) is 6.61 Å². The van der Waals surface area contributed by atoms with Crippen LogP contribution < -0.4 is 0 Å². The maximum absolute atomic E-state index is 8.60. The lowest BCUT2D eigenvalue weighted by atomic mass is 10.1. The second kappa shape index (κ2) is 14.6. The van der Waals surface area contributed by atoms with Gasteiger partial charge in [-0.25, -0.2) is 0 Å². The first-order valence-corrected chi connectivity index (χ1v) is 6.27. The lowest BCUT2D eigenvalue weighted by Crippen LogP contribution is -1.82. The zero-order chi connectivity index (χ0) is 12.6. The highest BCUT2D eigenvalue weighted by Gasteiger charge is 1.86. The van der Waals surface area contributed by atoms with Crippen LogP contribution in [0.25, 0.3) is 0 Å². The minimum atomic E-state index is 0.319. The molecule has 0 unspecified atom stereocenters. The molecular formula is C16H22O. The van der Waals surface area contributed by atoms with Crippen LogP contribution in [0.5, 0.6) is 0 Å². The predicted octanol–water partition coefficient (Wildman–Crippen LogP) is 3.46. The van der Waals surface area contributed by atoms with Crippen molar-refractivity contribution in [3.8, 4) is 23.7 Å². The molecule has 0 bridgehead atoms. The Labute approximate surface area is 106 Å². The molecule has 0 heterocycles. The Morgan fingerprint density at radius 1 is 1.00 bits per heavy atom. The van der Waals surface area contributed by atoms with Crippen LogP contribution in [0, 0.1) is 23.7 Å². The molecule has 0 amide bonds. The largest absolute Gasteiger partial charge is 0.396 e. The van der Waals surface area contributed by atoms with Crippen molar-refractivity contribution < 1.29 is 5.11 Å². The highest BCUT2D eigenvalue weighted by molar-refractivity contribution is 5.30. The fraction of sp³-hybridized carbons (Fsp3) is 0.500. The Balaban J connectivity index is 3.40. The number of hydrogen-bond acceptors (Lipinski definition) is 1. The molecule has 0 aromatic rings. The van der Waals surface area contributed by atoms with Gasteiger partial charge in [-0.1, -0.05) is 42.9 Å². The second-order valence-corrected chi connectivity index (χ2v) is 3.67. The first-order valence-electron chi connectivity index (χ1n) is 6.27. The molecule has 0 spiro atoms. The van der Waals surface area contributed by atoms with E-state index >= 15 is 0 Å². The number of hydrogen-bond donors (Lipinski definition) is 1. The van der Waals surface area contributed by atoms with Crippen molar-refractivity contribution in [3.63, 3.8) is 0 Å². The van der Waals surface area contributed by atoms with Gasteiger partial charge >= 0.3 is 0 Å². The monoisotopic (exact) mass is 230 g/mol. The molecule has 0 saturated heterocycles. The normalized spacial score (nSPS) is 10.0. The number of rotatable bonds is 7. The van der Waals surface area contributed by atoms with Crippen LogP contribution in [0.4, 0.5) is 0 Å². The standard InChI is InChI=1S/C16H22O/c1-2-3-4-5-6-7-8-9-10-11-12-13-14-15-16-17/h2-3,9-10,17H,8,11-16H2,1H3. The highest BCUT2D eigenvalue weighted by atomic mass is 16.2. The highest BCUT2D eigenvalue weighted by Crippen LogP contribution is 2.03. The molecule has 0 saturated carbocycles. The third kappa shape index (κ3) is 14.6. The Bertz CT molecular complexity index is 328. The molecule has 1 N–H and O–H groups in total. The van der Waals surface area contributed by atoms with Gasteiger partial charge in [-0.05, 0) is 44.1 Å². The van der Waals surface area contributed by atoms with Gasteiger partial charge in [-0.15, -0.1) is 0 Å². The van der Waals surface area contributed by atoms with Gasteiger partial charge in [0.2, 0.25) is 0 Å². The van der Waals surface area contributed by atoms with Gasteiger partial charge < -0.3 is 5.11 Å². The van der Waals surface area contributed by atoms with Crippen LogP contribution in [-0.2, 0) is 0 Å². The quantitative estimate of drug-likeness (QED) is 0.403. The third-order valence-electron chi connectivity index (χ3n) is 2.14. The predicted molar refractivity (Wildman–Crippen MR) is 74.3 cm³/mol. The molecule has 0 fully saturated rings.